The topological polar surface area (TPSA) is 59.9 Å². The number of benzene rings is 3. The molecule has 1 amide bonds. The highest BCUT2D eigenvalue weighted by Crippen LogP contribution is 2.19. The maximum Gasteiger partial charge on any atom is 0.275 e. The van der Waals surface area contributed by atoms with Gasteiger partial charge in [0.25, 0.3) is 5.91 Å². The van der Waals surface area contributed by atoms with Gasteiger partial charge in [-0.3, -0.25) is 4.79 Å². The molecule has 146 valence electrons. The van der Waals surface area contributed by atoms with E-state index in [0.717, 1.165) is 11.1 Å². The van der Waals surface area contributed by atoms with Crippen molar-refractivity contribution in [2.24, 2.45) is 5.10 Å². The second-order valence-electron chi connectivity index (χ2n) is 6.11. The van der Waals surface area contributed by atoms with Gasteiger partial charge in [0, 0.05) is 5.56 Å². The van der Waals surface area contributed by atoms with E-state index in [9.17, 15) is 4.79 Å². The predicted octanol–water partition coefficient (Wildman–Crippen LogP) is 4.59. The van der Waals surface area contributed by atoms with Crippen LogP contribution >= 0.6 is 0 Å². The lowest BCUT2D eigenvalue weighted by Gasteiger charge is -2.09. The van der Waals surface area contributed by atoms with Crippen molar-refractivity contribution in [3.05, 3.63) is 108 Å². The number of hydrogen-bond donors (Lipinski definition) is 1. The molecule has 0 radical (unpaired) electrons. The number of hydrogen-bond acceptors (Lipinski definition) is 4. The second-order valence-corrected chi connectivity index (χ2v) is 6.11. The van der Waals surface area contributed by atoms with Crippen molar-refractivity contribution < 1.29 is 14.3 Å². The molecule has 3 aromatic carbocycles. The Morgan fingerprint density at radius 3 is 2.38 bits per heavy atom. The Bertz CT molecular complexity index is 984. The van der Waals surface area contributed by atoms with Crippen LogP contribution in [0.4, 0.5) is 0 Å². The van der Waals surface area contributed by atoms with E-state index in [1.807, 2.05) is 54.6 Å². The highest BCUT2D eigenvalue weighted by molar-refractivity contribution is 5.97. The van der Waals surface area contributed by atoms with Crippen molar-refractivity contribution in [2.75, 3.05) is 6.61 Å². The van der Waals surface area contributed by atoms with Crippen molar-refractivity contribution in [3.8, 4) is 11.5 Å². The van der Waals surface area contributed by atoms with Crippen LogP contribution in [0.5, 0.6) is 11.5 Å². The summed E-state index contributed by atoms with van der Waals surface area (Å²) in [5.74, 6) is 0.805. The van der Waals surface area contributed by atoms with E-state index in [-0.39, 0.29) is 5.91 Å². The zero-order valence-corrected chi connectivity index (χ0v) is 16.0. The van der Waals surface area contributed by atoms with Crippen LogP contribution in [0.15, 0.2) is 96.6 Å². The standard InChI is InChI=1S/C24H22N2O3/c1-2-16-28-23-15-9-7-13-21(23)24(27)26-25-17-20-12-6-8-14-22(20)29-18-19-10-4-3-5-11-19/h2-15,17H,1,16,18H2,(H,26,27). The van der Waals surface area contributed by atoms with E-state index < -0.39 is 0 Å². The van der Waals surface area contributed by atoms with Crippen LogP contribution in [0.1, 0.15) is 21.5 Å². The van der Waals surface area contributed by atoms with Crippen LogP contribution in [-0.4, -0.2) is 18.7 Å². The molecule has 0 aliphatic carbocycles. The molecule has 1 N–H and O–H groups in total. The number of amides is 1. The molecule has 0 spiro atoms. The highest BCUT2D eigenvalue weighted by Gasteiger charge is 2.11. The largest absolute Gasteiger partial charge is 0.489 e. The number of carbonyl (C=O) groups is 1. The van der Waals surface area contributed by atoms with E-state index in [1.165, 1.54) is 0 Å². The first kappa shape index (κ1) is 19.9. The SMILES string of the molecule is C=CCOc1ccccc1C(=O)NN=Cc1ccccc1OCc1ccccc1. The molecule has 0 unspecified atom stereocenters. The first-order valence-corrected chi connectivity index (χ1v) is 9.20. The molecule has 0 fully saturated rings. The van der Waals surface area contributed by atoms with E-state index in [4.69, 9.17) is 9.47 Å². The van der Waals surface area contributed by atoms with Gasteiger partial charge in [-0.05, 0) is 29.8 Å². The Balaban J connectivity index is 1.65. The molecule has 0 saturated heterocycles. The zero-order valence-electron chi connectivity index (χ0n) is 16.0. The highest BCUT2D eigenvalue weighted by atomic mass is 16.5. The van der Waals surface area contributed by atoms with Gasteiger partial charge < -0.3 is 9.47 Å². The summed E-state index contributed by atoms with van der Waals surface area (Å²) < 4.78 is 11.4. The molecular formula is C24H22N2O3. The maximum atomic E-state index is 12.5. The fraction of sp³-hybridized carbons (Fsp3) is 0.0833. The first-order chi connectivity index (χ1) is 14.3. The summed E-state index contributed by atoms with van der Waals surface area (Å²) in [5, 5.41) is 4.07. The normalized spacial score (nSPS) is 10.5. The molecule has 0 atom stereocenters. The van der Waals surface area contributed by atoms with E-state index in [0.29, 0.717) is 30.3 Å². The van der Waals surface area contributed by atoms with Crippen LogP contribution in [0, 0.1) is 0 Å². The van der Waals surface area contributed by atoms with Gasteiger partial charge >= 0.3 is 0 Å². The van der Waals surface area contributed by atoms with Gasteiger partial charge in [-0.1, -0.05) is 67.3 Å². The monoisotopic (exact) mass is 386 g/mol. The van der Waals surface area contributed by atoms with Gasteiger partial charge in [0.15, 0.2) is 0 Å². The molecular weight excluding hydrogens is 364 g/mol. The van der Waals surface area contributed by atoms with E-state index in [1.54, 1.807) is 36.6 Å². The molecule has 29 heavy (non-hydrogen) atoms. The quantitative estimate of drug-likeness (QED) is 0.332. The van der Waals surface area contributed by atoms with Gasteiger partial charge in [-0.2, -0.15) is 5.10 Å². The third-order valence-electron chi connectivity index (χ3n) is 4.01. The molecule has 5 heteroatoms. The molecule has 3 aromatic rings. The summed E-state index contributed by atoms with van der Waals surface area (Å²) >= 11 is 0. The van der Waals surface area contributed by atoms with Crippen LogP contribution in [0.2, 0.25) is 0 Å². The van der Waals surface area contributed by atoms with Crippen molar-refractivity contribution in [1.29, 1.82) is 0 Å². The fourth-order valence-electron chi connectivity index (χ4n) is 2.60. The zero-order chi connectivity index (χ0) is 20.3. The van der Waals surface area contributed by atoms with Gasteiger partial charge in [0.05, 0.1) is 11.8 Å². The number of nitrogens with zero attached hydrogens (tertiary/aromatic N) is 1. The summed E-state index contributed by atoms with van der Waals surface area (Å²) in [6.45, 7) is 4.38. The van der Waals surface area contributed by atoms with E-state index in [2.05, 4.69) is 17.1 Å². The third kappa shape index (κ3) is 5.81. The Labute approximate surface area is 170 Å². The lowest BCUT2D eigenvalue weighted by atomic mass is 10.2. The minimum atomic E-state index is -0.358. The smallest absolute Gasteiger partial charge is 0.275 e. The molecule has 0 aliphatic heterocycles. The van der Waals surface area contributed by atoms with E-state index >= 15 is 0 Å². The van der Waals surface area contributed by atoms with Crippen molar-refractivity contribution in [2.45, 2.75) is 6.61 Å². The Morgan fingerprint density at radius 1 is 0.897 bits per heavy atom. The maximum absolute atomic E-state index is 12.5. The van der Waals surface area contributed by atoms with Crippen LogP contribution in [-0.2, 0) is 6.61 Å². The molecule has 3 rings (SSSR count). The average molecular weight is 386 g/mol. The summed E-state index contributed by atoms with van der Waals surface area (Å²) in [5.41, 5.74) is 4.77. The minimum absolute atomic E-state index is 0.319. The fourth-order valence-corrected chi connectivity index (χ4v) is 2.60. The number of hydrazone groups is 1. The summed E-state index contributed by atoms with van der Waals surface area (Å²) in [4.78, 5) is 12.5. The number of rotatable bonds is 9. The Kier molecular flexibility index (Phi) is 7.18. The molecule has 0 heterocycles. The molecule has 0 aliphatic rings. The Hall–Kier alpha value is -3.86. The summed E-state index contributed by atoms with van der Waals surface area (Å²) in [6, 6.07) is 24.4. The number of ether oxygens (including phenoxy) is 2. The van der Waals surface area contributed by atoms with Gasteiger partial charge in [0.2, 0.25) is 0 Å². The summed E-state index contributed by atoms with van der Waals surface area (Å²) in [6.07, 6.45) is 3.19. The van der Waals surface area contributed by atoms with Gasteiger partial charge in [-0.15, -0.1) is 0 Å². The minimum Gasteiger partial charge on any atom is -0.489 e. The van der Waals surface area contributed by atoms with Crippen LogP contribution in [0.3, 0.4) is 0 Å². The number of carbonyl (C=O) groups excluding carboxylic acids is 1. The molecule has 0 saturated carbocycles. The molecule has 0 bridgehead atoms. The lowest BCUT2D eigenvalue weighted by molar-refractivity contribution is 0.0951. The summed E-state index contributed by atoms with van der Waals surface area (Å²) in [7, 11) is 0. The first-order valence-electron chi connectivity index (χ1n) is 9.20. The number of nitrogens with one attached hydrogen (secondary N) is 1. The third-order valence-corrected chi connectivity index (χ3v) is 4.01. The second kappa shape index (κ2) is 10.5. The Morgan fingerprint density at radius 2 is 1.59 bits per heavy atom. The van der Waals surface area contributed by atoms with Gasteiger partial charge in [0.1, 0.15) is 24.7 Å². The van der Waals surface area contributed by atoms with Crippen molar-refractivity contribution in [1.82, 2.24) is 5.43 Å². The number of para-hydroxylation sites is 2. The van der Waals surface area contributed by atoms with Crippen molar-refractivity contribution >= 4 is 12.1 Å². The lowest BCUT2D eigenvalue weighted by Crippen LogP contribution is -2.18. The van der Waals surface area contributed by atoms with Gasteiger partial charge in [-0.25, -0.2) is 5.43 Å². The predicted molar refractivity (Wildman–Crippen MR) is 114 cm³/mol. The average Bonchev–Trinajstić information content (AvgIpc) is 2.78. The molecule has 0 aromatic heterocycles. The molecule has 5 nitrogen and oxygen atoms in total. The van der Waals surface area contributed by atoms with Crippen LogP contribution < -0.4 is 14.9 Å². The van der Waals surface area contributed by atoms with Crippen molar-refractivity contribution in [3.63, 3.8) is 0 Å². The van der Waals surface area contributed by atoms with Crippen LogP contribution in [0.25, 0.3) is 0 Å².